The molecule has 1 aromatic heterocycles. The summed E-state index contributed by atoms with van der Waals surface area (Å²) in [6.45, 7) is 1.30. The Morgan fingerprint density at radius 1 is 1.50 bits per heavy atom. The fourth-order valence-electron chi connectivity index (χ4n) is 1.51. The van der Waals surface area contributed by atoms with E-state index >= 15 is 0 Å². The molecule has 0 fully saturated rings. The fourth-order valence-corrected chi connectivity index (χ4v) is 1.51. The summed E-state index contributed by atoms with van der Waals surface area (Å²) in [4.78, 5) is 27.9. The quantitative estimate of drug-likeness (QED) is 0.785. The molecule has 0 saturated carbocycles. The molecule has 1 heterocycles. The number of hydrogen-bond donors (Lipinski definition) is 2. The van der Waals surface area contributed by atoms with Gasteiger partial charge in [0, 0.05) is 33.6 Å². The van der Waals surface area contributed by atoms with E-state index in [1.165, 1.54) is 6.92 Å². The summed E-state index contributed by atoms with van der Waals surface area (Å²) in [5.74, 6) is -0.655. The van der Waals surface area contributed by atoms with Crippen LogP contribution in [-0.2, 0) is 16.0 Å². The lowest BCUT2D eigenvalue weighted by Crippen LogP contribution is -2.41. The van der Waals surface area contributed by atoms with Crippen LogP contribution in [0.25, 0.3) is 0 Å². The summed E-state index contributed by atoms with van der Waals surface area (Å²) >= 11 is 0. The van der Waals surface area contributed by atoms with Crippen LogP contribution in [0.2, 0.25) is 0 Å². The summed E-state index contributed by atoms with van der Waals surface area (Å²) in [7, 11) is 3.71. The maximum Gasteiger partial charge on any atom is 0.326 e. The number of carboxylic acids is 1. The van der Waals surface area contributed by atoms with Crippen molar-refractivity contribution in [2.75, 3.05) is 19.0 Å². The van der Waals surface area contributed by atoms with Gasteiger partial charge in [0.25, 0.3) is 0 Å². The molecule has 0 spiro atoms. The topological polar surface area (TPSA) is 82.5 Å². The standard InChI is InChI=1S/C12H17N3O3/c1-8(16)14-10(12(17)18)6-9-4-5-13-11(7-9)15(2)3/h4-5,7,10H,6H2,1-3H3,(H,14,16)(H,17,18). The highest BCUT2D eigenvalue weighted by atomic mass is 16.4. The summed E-state index contributed by atoms with van der Waals surface area (Å²) in [6, 6.07) is 2.63. The number of nitrogens with zero attached hydrogens (tertiary/aromatic N) is 2. The summed E-state index contributed by atoms with van der Waals surface area (Å²) in [5, 5.41) is 11.4. The van der Waals surface area contributed by atoms with Gasteiger partial charge in [0.2, 0.25) is 5.91 Å². The van der Waals surface area contributed by atoms with Crippen LogP contribution in [0.1, 0.15) is 12.5 Å². The Morgan fingerprint density at radius 2 is 2.17 bits per heavy atom. The number of hydrogen-bond acceptors (Lipinski definition) is 4. The Hall–Kier alpha value is -2.11. The van der Waals surface area contributed by atoms with E-state index in [0.717, 1.165) is 11.4 Å². The molecule has 0 bridgehead atoms. The smallest absolute Gasteiger partial charge is 0.326 e. The van der Waals surface area contributed by atoms with E-state index in [4.69, 9.17) is 5.11 Å². The highest BCUT2D eigenvalue weighted by Gasteiger charge is 2.19. The molecule has 1 atom stereocenters. The van der Waals surface area contributed by atoms with Gasteiger partial charge in [-0.25, -0.2) is 9.78 Å². The van der Waals surface area contributed by atoms with E-state index in [2.05, 4.69) is 10.3 Å². The average molecular weight is 251 g/mol. The largest absolute Gasteiger partial charge is 0.480 e. The third-order valence-electron chi connectivity index (χ3n) is 2.38. The van der Waals surface area contributed by atoms with Crippen LogP contribution in [0.4, 0.5) is 5.82 Å². The zero-order chi connectivity index (χ0) is 13.7. The SMILES string of the molecule is CC(=O)NC(Cc1ccnc(N(C)C)c1)C(=O)O. The Balaban J connectivity index is 2.83. The number of nitrogens with one attached hydrogen (secondary N) is 1. The molecule has 18 heavy (non-hydrogen) atoms. The van der Waals surface area contributed by atoms with Gasteiger partial charge in [0.1, 0.15) is 11.9 Å². The van der Waals surface area contributed by atoms with Crippen LogP contribution in [0.3, 0.4) is 0 Å². The number of aliphatic carboxylic acids is 1. The fraction of sp³-hybridized carbons (Fsp3) is 0.417. The van der Waals surface area contributed by atoms with Crippen molar-refractivity contribution < 1.29 is 14.7 Å². The monoisotopic (exact) mass is 251 g/mol. The van der Waals surface area contributed by atoms with Gasteiger partial charge in [-0.1, -0.05) is 0 Å². The molecular formula is C12H17N3O3. The molecule has 6 heteroatoms. The third-order valence-corrected chi connectivity index (χ3v) is 2.38. The van der Waals surface area contributed by atoms with Gasteiger partial charge in [0.05, 0.1) is 0 Å². The first-order valence-corrected chi connectivity index (χ1v) is 5.52. The Kier molecular flexibility index (Phi) is 4.65. The zero-order valence-corrected chi connectivity index (χ0v) is 10.7. The van der Waals surface area contributed by atoms with E-state index in [1.54, 1.807) is 18.3 Å². The lowest BCUT2D eigenvalue weighted by atomic mass is 10.1. The molecule has 0 aliphatic carbocycles. The molecule has 0 aromatic carbocycles. The number of carbonyl (C=O) groups is 2. The number of anilines is 1. The second-order valence-electron chi connectivity index (χ2n) is 4.21. The van der Waals surface area contributed by atoms with E-state index in [9.17, 15) is 9.59 Å². The third kappa shape index (κ3) is 4.04. The lowest BCUT2D eigenvalue weighted by molar-refractivity contribution is -0.141. The van der Waals surface area contributed by atoms with E-state index in [1.807, 2.05) is 19.0 Å². The van der Waals surface area contributed by atoms with Crippen LogP contribution in [0.5, 0.6) is 0 Å². The van der Waals surface area contributed by atoms with Crippen molar-refractivity contribution in [3.63, 3.8) is 0 Å². The Morgan fingerprint density at radius 3 is 2.67 bits per heavy atom. The van der Waals surface area contributed by atoms with Crippen LogP contribution >= 0.6 is 0 Å². The van der Waals surface area contributed by atoms with Crippen molar-refractivity contribution in [2.24, 2.45) is 0 Å². The number of carboxylic acid groups (broad SMARTS) is 1. The molecule has 1 aromatic rings. The number of pyridine rings is 1. The molecule has 1 amide bonds. The second kappa shape index (κ2) is 6.00. The Bertz CT molecular complexity index is 446. The molecule has 0 saturated heterocycles. The number of carbonyl (C=O) groups excluding carboxylic acids is 1. The van der Waals surface area contributed by atoms with Crippen LogP contribution in [0, 0.1) is 0 Å². The predicted molar refractivity (Wildman–Crippen MR) is 67.5 cm³/mol. The van der Waals surface area contributed by atoms with E-state index in [-0.39, 0.29) is 12.3 Å². The maximum absolute atomic E-state index is 11.0. The van der Waals surface area contributed by atoms with Gasteiger partial charge >= 0.3 is 5.97 Å². The summed E-state index contributed by atoms with van der Waals surface area (Å²) < 4.78 is 0. The van der Waals surface area contributed by atoms with Gasteiger partial charge in [-0.15, -0.1) is 0 Å². The van der Waals surface area contributed by atoms with Crippen molar-refractivity contribution in [2.45, 2.75) is 19.4 Å². The molecule has 0 aliphatic heterocycles. The van der Waals surface area contributed by atoms with Crippen molar-refractivity contribution >= 4 is 17.7 Å². The molecule has 0 aliphatic rings. The van der Waals surface area contributed by atoms with Crippen LogP contribution in [0.15, 0.2) is 18.3 Å². The first-order chi connectivity index (χ1) is 8.40. The van der Waals surface area contributed by atoms with Gasteiger partial charge in [-0.2, -0.15) is 0 Å². The number of aromatic nitrogens is 1. The van der Waals surface area contributed by atoms with Gasteiger partial charge in [-0.3, -0.25) is 4.79 Å². The minimum absolute atomic E-state index is 0.234. The molecule has 98 valence electrons. The second-order valence-corrected chi connectivity index (χ2v) is 4.21. The molecule has 1 rings (SSSR count). The molecule has 0 radical (unpaired) electrons. The van der Waals surface area contributed by atoms with Crippen molar-refractivity contribution in [3.8, 4) is 0 Å². The average Bonchev–Trinajstić information content (AvgIpc) is 2.27. The van der Waals surface area contributed by atoms with Crippen molar-refractivity contribution in [1.29, 1.82) is 0 Å². The summed E-state index contributed by atoms with van der Waals surface area (Å²) in [6.07, 6.45) is 1.86. The van der Waals surface area contributed by atoms with Crippen LogP contribution in [-0.4, -0.2) is 42.1 Å². The first-order valence-electron chi connectivity index (χ1n) is 5.52. The summed E-state index contributed by atoms with van der Waals surface area (Å²) in [5.41, 5.74) is 0.815. The normalized spacial score (nSPS) is 11.7. The van der Waals surface area contributed by atoms with Gasteiger partial charge < -0.3 is 15.3 Å². The van der Waals surface area contributed by atoms with E-state index < -0.39 is 12.0 Å². The van der Waals surface area contributed by atoms with E-state index in [0.29, 0.717) is 0 Å². The first kappa shape index (κ1) is 14.0. The lowest BCUT2D eigenvalue weighted by Gasteiger charge is -2.15. The molecular weight excluding hydrogens is 234 g/mol. The molecule has 2 N–H and O–H groups in total. The highest BCUT2D eigenvalue weighted by molar-refractivity contribution is 5.82. The highest BCUT2D eigenvalue weighted by Crippen LogP contribution is 2.11. The zero-order valence-electron chi connectivity index (χ0n) is 10.7. The number of rotatable bonds is 5. The number of amides is 1. The van der Waals surface area contributed by atoms with Crippen molar-refractivity contribution in [3.05, 3.63) is 23.9 Å². The predicted octanol–water partition coefficient (Wildman–Crippen LogP) is 0.279. The Labute approximate surface area is 106 Å². The van der Waals surface area contributed by atoms with Gasteiger partial charge in [-0.05, 0) is 17.7 Å². The minimum atomic E-state index is -1.05. The van der Waals surface area contributed by atoms with Crippen molar-refractivity contribution in [1.82, 2.24) is 10.3 Å². The maximum atomic E-state index is 11.0. The molecule has 1 unspecified atom stereocenters. The van der Waals surface area contributed by atoms with Gasteiger partial charge in [0.15, 0.2) is 0 Å². The minimum Gasteiger partial charge on any atom is -0.480 e. The van der Waals surface area contributed by atoms with Crippen LogP contribution < -0.4 is 10.2 Å². The molecule has 6 nitrogen and oxygen atoms in total.